The standard InChI is InChI=1S/C16H30N2/c1-2-3-5-9-15-14-18-13-8-12-17-11-7-4-6-10-16(15,17)18/h15H,2-14H2,1H3. The van der Waals surface area contributed by atoms with Gasteiger partial charge in [0.05, 0.1) is 5.66 Å². The summed E-state index contributed by atoms with van der Waals surface area (Å²) in [7, 11) is 0. The van der Waals surface area contributed by atoms with E-state index in [4.69, 9.17) is 0 Å². The Hall–Kier alpha value is -0.0800. The third-order valence-corrected chi connectivity index (χ3v) is 5.67. The van der Waals surface area contributed by atoms with Crippen molar-refractivity contribution >= 4 is 0 Å². The summed E-state index contributed by atoms with van der Waals surface area (Å²) in [4.78, 5) is 5.71. The van der Waals surface area contributed by atoms with Crippen LogP contribution < -0.4 is 0 Å². The number of unbranched alkanes of at least 4 members (excludes halogenated alkanes) is 2. The molecule has 2 atom stereocenters. The van der Waals surface area contributed by atoms with E-state index >= 15 is 0 Å². The van der Waals surface area contributed by atoms with Crippen LogP contribution in [0.5, 0.6) is 0 Å². The molecule has 1 spiro atoms. The van der Waals surface area contributed by atoms with Gasteiger partial charge in [-0.1, -0.05) is 39.0 Å². The SMILES string of the molecule is CCCCCC1CN2CCCN3CCCCCC132. The summed E-state index contributed by atoms with van der Waals surface area (Å²) in [5, 5.41) is 0. The Bertz CT molecular complexity index is 278. The molecule has 0 N–H and O–H groups in total. The Balaban J connectivity index is 1.69. The second-order valence-corrected chi connectivity index (χ2v) is 6.67. The van der Waals surface area contributed by atoms with Crippen LogP contribution in [0.4, 0.5) is 0 Å². The van der Waals surface area contributed by atoms with Crippen LogP contribution >= 0.6 is 0 Å². The molecule has 0 bridgehead atoms. The fourth-order valence-corrected chi connectivity index (χ4v) is 4.76. The molecule has 0 aromatic carbocycles. The molecular formula is C16H30N2. The van der Waals surface area contributed by atoms with Gasteiger partial charge < -0.3 is 0 Å². The maximum Gasteiger partial charge on any atom is 0.0779 e. The smallest absolute Gasteiger partial charge is 0.0779 e. The van der Waals surface area contributed by atoms with Crippen molar-refractivity contribution in [2.45, 2.75) is 70.4 Å². The van der Waals surface area contributed by atoms with Gasteiger partial charge in [-0.3, -0.25) is 9.80 Å². The van der Waals surface area contributed by atoms with Crippen LogP contribution in [0.3, 0.4) is 0 Å². The van der Waals surface area contributed by atoms with Crippen LogP contribution in [0.25, 0.3) is 0 Å². The summed E-state index contributed by atoms with van der Waals surface area (Å²) in [6.07, 6.45) is 13.0. The molecule has 0 aromatic heterocycles. The Labute approximate surface area is 113 Å². The van der Waals surface area contributed by atoms with Crippen LogP contribution in [0.2, 0.25) is 0 Å². The number of nitrogens with zero attached hydrogens (tertiary/aromatic N) is 2. The molecule has 2 nitrogen and oxygen atoms in total. The first-order valence-corrected chi connectivity index (χ1v) is 8.38. The molecule has 3 heterocycles. The van der Waals surface area contributed by atoms with Crippen molar-refractivity contribution in [2.24, 2.45) is 5.92 Å². The molecule has 3 saturated heterocycles. The normalized spacial score (nSPS) is 37.5. The maximum absolute atomic E-state index is 2.88. The van der Waals surface area contributed by atoms with Crippen molar-refractivity contribution in [2.75, 3.05) is 26.2 Å². The summed E-state index contributed by atoms with van der Waals surface area (Å²) < 4.78 is 0. The molecule has 3 aliphatic rings. The average molecular weight is 250 g/mol. The maximum atomic E-state index is 2.88. The van der Waals surface area contributed by atoms with Crippen molar-refractivity contribution in [3.05, 3.63) is 0 Å². The van der Waals surface area contributed by atoms with Crippen molar-refractivity contribution in [3.63, 3.8) is 0 Å². The fraction of sp³-hybridized carbons (Fsp3) is 1.00. The number of hydrogen-bond acceptors (Lipinski definition) is 2. The Morgan fingerprint density at radius 1 is 0.944 bits per heavy atom. The van der Waals surface area contributed by atoms with E-state index in [9.17, 15) is 0 Å². The molecule has 0 amide bonds. The van der Waals surface area contributed by atoms with E-state index in [1.165, 1.54) is 84.0 Å². The van der Waals surface area contributed by atoms with Crippen LogP contribution in [-0.4, -0.2) is 41.6 Å². The molecule has 0 aliphatic carbocycles. The topological polar surface area (TPSA) is 6.48 Å². The lowest BCUT2D eigenvalue weighted by Gasteiger charge is -2.66. The van der Waals surface area contributed by atoms with Gasteiger partial charge in [0.1, 0.15) is 0 Å². The van der Waals surface area contributed by atoms with Crippen molar-refractivity contribution in [1.82, 2.24) is 9.80 Å². The minimum Gasteiger partial charge on any atom is -0.285 e. The van der Waals surface area contributed by atoms with E-state index in [1.54, 1.807) is 0 Å². The van der Waals surface area contributed by atoms with Gasteiger partial charge >= 0.3 is 0 Å². The van der Waals surface area contributed by atoms with Crippen LogP contribution in [0.1, 0.15) is 64.7 Å². The third-order valence-electron chi connectivity index (χ3n) is 5.67. The molecule has 0 saturated carbocycles. The molecule has 0 radical (unpaired) electrons. The van der Waals surface area contributed by atoms with Crippen LogP contribution in [-0.2, 0) is 0 Å². The van der Waals surface area contributed by atoms with E-state index in [2.05, 4.69) is 16.7 Å². The van der Waals surface area contributed by atoms with Crippen molar-refractivity contribution in [1.29, 1.82) is 0 Å². The van der Waals surface area contributed by atoms with Crippen LogP contribution in [0, 0.1) is 5.92 Å². The summed E-state index contributed by atoms with van der Waals surface area (Å²) in [5.41, 5.74) is 0.530. The Morgan fingerprint density at radius 3 is 2.67 bits per heavy atom. The lowest BCUT2D eigenvalue weighted by molar-refractivity contribution is -0.210. The van der Waals surface area contributed by atoms with Crippen LogP contribution in [0.15, 0.2) is 0 Å². The van der Waals surface area contributed by atoms with Gasteiger partial charge in [-0.2, -0.15) is 0 Å². The second kappa shape index (κ2) is 5.50. The minimum atomic E-state index is 0.530. The van der Waals surface area contributed by atoms with Gasteiger partial charge in [0, 0.05) is 25.6 Å². The summed E-state index contributed by atoms with van der Waals surface area (Å²) >= 11 is 0. The predicted octanol–water partition coefficient (Wildman–Crippen LogP) is 3.47. The average Bonchev–Trinajstić information content (AvgIpc) is 2.60. The first-order valence-electron chi connectivity index (χ1n) is 8.38. The fourth-order valence-electron chi connectivity index (χ4n) is 4.76. The molecule has 3 aliphatic heterocycles. The van der Waals surface area contributed by atoms with E-state index in [-0.39, 0.29) is 0 Å². The highest BCUT2D eigenvalue weighted by Crippen LogP contribution is 2.49. The van der Waals surface area contributed by atoms with E-state index in [0.29, 0.717) is 5.66 Å². The largest absolute Gasteiger partial charge is 0.285 e. The third kappa shape index (κ3) is 2.02. The van der Waals surface area contributed by atoms with Gasteiger partial charge in [0.15, 0.2) is 0 Å². The number of rotatable bonds is 4. The van der Waals surface area contributed by atoms with Gasteiger partial charge in [0.2, 0.25) is 0 Å². The zero-order valence-electron chi connectivity index (χ0n) is 12.2. The Morgan fingerprint density at radius 2 is 1.78 bits per heavy atom. The highest BCUT2D eigenvalue weighted by Gasteiger charge is 2.57. The lowest BCUT2D eigenvalue weighted by atomic mass is 9.73. The molecule has 2 heteroatoms. The lowest BCUT2D eigenvalue weighted by Crippen LogP contribution is -2.77. The monoisotopic (exact) mass is 250 g/mol. The van der Waals surface area contributed by atoms with Gasteiger partial charge in [-0.25, -0.2) is 0 Å². The molecule has 3 fully saturated rings. The van der Waals surface area contributed by atoms with Gasteiger partial charge in [-0.05, 0) is 32.2 Å². The minimum absolute atomic E-state index is 0.530. The molecular weight excluding hydrogens is 220 g/mol. The second-order valence-electron chi connectivity index (χ2n) is 6.67. The van der Waals surface area contributed by atoms with Crippen molar-refractivity contribution < 1.29 is 0 Å². The van der Waals surface area contributed by atoms with E-state index in [0.717, 1.165) is 5.92 Å². The first kappa shape index (κ1) is 12.9. The summed E-state index contributed by atoms with van der Waals surface area (Å²) in [6.45, 7) is 7.85. The predicted molar refractivity (Wildman–Crippen MR) is 76.6 cm³/mol. The highest BCUT2D eigenvalue weighted by atomic mass is 15.5. The summed E-state index contributed by atoms with van der Waals surface area (Å²) in [6, 6.07) is 0. The number of hydrogen-bond donors (Lipinski definition) is 0. The zero-order chi connectivity index (χ0) is 12.4. The van der Waals surface area contributed by atoms with E-state index < -0.39 is 0 Å². The zero-order valence-corrected chi connectivity index (χ0v) is 12.2. The molecule has 18 heavy (non-hydrogen) atoms. The van der Waals surface area contributed by atoms with Gasteiger partial charge in [-0.15, -0.1) is 0 Å². The van der Waals surface area contributed by atoms with Gasteiger partial charge in [0.25, 0.3) is 0 Å². The van der Waals surface area contributed by atoms with Crippen molar-refractivity contribution in [3.8, 4) is 0 Å². The molecule has 2 unspecified atom stereocenters. The Kier molecular flexibility index (Phi) is 3.95. The molecule has 3 rings (SSSR count). The first-order chi connectivity index (χ1) is 8.88. The molecule has 0 aromatic rings. The highest BCUT2D eigenvalue weighted by molar-refractivity contribution is 5.08. The summed E-state index contributed by atoms with van der Waals surface area (Å²) in [5.74, 6) is 0.988. The van der Waals surface area contributed by atoms with E-state index in [1.807, 2.05) is 0 Å². The quantitative estimate of drug-likeness (QED) is 0.705. The molecule has 104 valence electrons.